The summed E-state index contributed by atoms with van der Waals surface area (Å²) >= 11 is 0. The fourth-order valence-electron chi connectivity index (χ4n) is 1.84. The first-order valence-corrected chi connectivity index (χ1v) is 5.18. The molecule has 17 heavy (non-hydrogen) atoms. The van der Waals surface area contributed by atoms with Crippen molar-refractivity contribution in [1.82, 2.24) is 9.55 Å². The van der Waals surface area contributed by atoms with E-state index >= 15 is 0 Å². The highest BCUT2D eigenvalue weighted by molar-refractivity contribution is 5.78. The zero-order valence-corrected chi connectivity index (χ0v) is 8.93. The second-order valence-corrected chi connectivity index (χ2v) is 3.77. The van der Waals surface area contributed by atoms with E-state index in [1.807, 2.05) is 6.07 Å². The van der Waals surface area contributed by atoms with Gasteiger partial charge >= 0.3 is 0 Å². The molecule has 2 aromatic heterocycles. The van der Waals surface area contributed by atoms with E-state index in [-0.39, 0.29) is 5.82 Å². The maximum absolute atomic E-state index is 13.2. The molecule has 2 heterocycles. The molecule has 0 saturated heterocycles. The predicted octanol–water partition coefficient (Wildman–Crippen LogP) is 2.40. The van der Waals surface area contributed by atoms with Gasteiger partial charge in [0.05, 0.1) is 23.8 Å². The van der Waals surface area contributed by atoms with Crippen molar-refractivity contribution in [2.75, 3.05) is 5.73 Å². The second kappa shape index (κ2) is 3.62. The summed E-state index contributed by atoms with van der Waals surface area (Å²) in [6.07, 6.45) is 1.59. The van der Waals surface area contributed by atoms with Crippen LogP contribution >= 0.6 is 0 Å². The molecule has 0 radical (unpaired) electrons. The van der Waals surface area contributed by atoms with Gasteiger partial charge in [-0.15, -0.1) is 0 Å². The maximum Gasteiger partial charge on any atom is 0.201 e. The van der Waals surface area contributed by atoms with Crippen LogP contribution in [0.2, 0.25) is 0 Å². The number of hydrogen-bond acceptors (Lipinski definition) is 3. The summed E-state index contributed by atoms with van der Waals surface area (Å²) in [5.74, 6) is 0.792. The van der Waals surface area contributed by atoms with Crippen LogP contribution in [0.3, 0.4) is 0 Å². The summed E-state index contributed by atoms with van der Waals surface area (Å²) < 4.78 is 20.2. The molecule has 0 aliphatic rings. The van der Waals surface area contributed by atoms with E-state index in [4.69, 9.17) is 10.2 Å². The number of rotatable bonds is 2. The molecule has 3 aromatic rings. The first-order chi connectivity index (χ1) is 8.24. The van der Waals surface area contributed by atoms with Crippen molar-refractivity contribution in [3.05, 3.63) is 48.2 Å². The summed E-state index contributed by atoms with van der Waals surface area (Å²) in [6, 6.07) is 8.03. The van der Waals surface area contributed by atoms with Crippen LogP contribution in [0, 0.1) is 5.82 Å². The molecule has 0 aliphatic carbocycles. The molecule has 0 unspecified atom stereocenters. The Bertz CT molecular complexity index is 658. The maximum atomic E-state index is 13.2. The van der Waals surface area contributed by atoms with E-state index in [0.29, 0.717) is 23.5 Å². The van der Waals surface area contributed by atoms with E-state index in [2.05, 4.69) is 4.98 Å². The van der Waals surface area contributed by atoms with Gasteiger partial charge in [0.2, 0.25) is 5.95 Å². The standard InChI is InChI=1S/C12H10FN3O/c13-8-3-4-10-11(6-8)16(12(14)15-10)7-9-2-1-5-17-9/h1-6H,7H2,(H2,14,15). The first kappa shape index (κ1) is 9.89. The molecular formula is C12H10FN3O. The quantitative estimate of drug-likeness (QED) is 0.736. The minimum atomic E-state index is -0.307. The van der Waals surface area contributed by atoms with Crippen LogP contribution in [0.1, 0.15) is 5.76 Å². The van der Waals surface area contributed by atoms with Gasteiger partial charge in [0.15, 0.2) is 0 Å². The number of nitrogens with two attached hydrogens (primary N) is 1. The largest absolute Gasteiger partial charge is 0.467 e. The van der Waals surface area contributed by atoms with Crippen LogP contribution in [0.25, 0.3) is 11.0 Å². The SMILES string of the molecule is Nc1nc2ccc(F)cc2n1Cc1ccco1. The van der Waals surface area contributed by atoms with Crippen molar-refractivity contribution < 1.29 is 8.81 Å². The number of halogens is 1. The minimum Gasteiger partial charge on any atom is -0.467 e. The lowest BCUT2D eigenvalue weighted by Crippen LogP contribution is -2.03. The molecule has 0 fully saturated rings. The molecule has 5 heteroatoms. The molecule has 0 saturated carbocycles. The summed E-state index contributed by atoms with van der Waals surface area (Å²) in [5.41, 5.74) is 7.15. The molecule has 3 rings (SSSR count). The lowest BCUT2D eigenvalue weighted by atomic mass is 10.3. The summed E-state index contributed by atoms with van der Waals surface area (Å²) in [7, 11) is 0. The fraction of sp³-hybridized carbons (Fsp3) is 0.0833. The van der Waals surface area contributed by atoms with Gasteiger partial charge in [-0.25, -0.2) is 9.37 Å². The molecule has 4 nitrogen and oxygen atoms in total. The zero-order chi connectivity index (χ0) is 11.8. The van der Waals surface area contributed by atoms with Crippen molar-refractivity contribution in [2.24, 2.45) is 0 Å². The van der Waals surface area contributed by atoms with E-state index < -0.39 is 0 Å². The molecule has 0 amide bonds. The lowest BCUT2D eigenvalue weighted by molar-refractivity contribution is 0.497. The number of aromatic nitrogens is 2. The molecule has 86 valence electrons. The number of nitrogens with zero attached hydrogens (tertiary/aromatic N) is 2. The Morgan fingerprint density at radius 3 is 3.00 bits per heavy atom. The number of anilines is 1. The third kappa shape index (κ3) is 1.65. The van der Waals surface area contributed by atoms with E-state index in [1.54, 1.807) is 23.0 Å². The van der Waals surface area contributed by atoms with Crippen molar-refractivity contribution >= 4 is 17.0 Å². The zero-order valence-electron chi connectivity index (χ0n) is 8.93. The van der Waals surface area contributed by atoms with Gasteiger partial charge in [0.25, 0.3) is 0 Å². The van der Waals surface area contributed by atoms with Crippen LogP contribution in [0.5, 0.6) is 0 Å². The smallest absolute Gasteiger partial charge is 0.201 e. The molecule has 0 aliphatic heterocycles. The molecular weight excluding hydrogens is 221 g/mol. The van der Waals surface area contributed by atoms with Gasteiger partial charge in [-0.3, -0.25) is 0 Å². The molecule has 1 aromatic carbocycles. The minimum absolute atomic E-state index is 0.307. The Morgan fingerprint density at radius 1 is 1.35 bits per heavy atom. The van der Waals surface area contributed by atoms with Crippen LogP contribution in [0.15, 0.2) is 41.0 Å². The highest BCUT2D eigenvalue weighted by Crippen LogP contribution is 2.20. The second-order valence-electron chi connectivity index (χ2n) is 3.77. The Kier molecular flexibility index (Phi) is 2.11. The van der Waals surface area contributed by atoms with Gasteiger partial charge < -0.3 is 14.7 Å². The summed E-state index contributed by atoms with van der Waals surface area (Å²) in [5, 5.41) is 0. The lowest BCUT2D eigenvalue weighted by Gasteiger charge is -2.03. The molecule has 0 atom stereocenters. The number of furan rings is 1. The monoisotopic (exact) mass is 231 g/mol. The van der Waals surface area contributed by atoms with Crippen LogP contribution < -0.4 is 5.73 Å². The topological polar surface area (TPSA) is 57.0 Å². The van der Waals surface area contributed by atoms with Crippen LogP contribution in [-0.2, 0) is 6.54 Å². The number of imidazole rings is 1. The highest BCUT2D eigenvalue weighted by Gasteiger charge is 2.10. The Hall–Kier alpha value is -2.30. The van der Waals surface area contributed by atoms with Crippen molar-refractivity contribution in [2.45, 2.75) is 6.54 Å². The Labute approximate surface area is 96.5 Å². The fourth-order valence-corrected chi connectivity index (χ4v) is 1.84. The van der Waals surface area contributed by atoms with Gasteiger partial charge in [-0.1, -0.05) is 0 Å². The van der Waals surface area contributed by atoms with Crippen LogP contribution in [-0.4, -0.2) is 9.55 Å². The number of benzene rings is 1. The van der Waals surface area contributed by atoms with Crippen LogP contribution in [0.4, 0.5) is 10.3 Å². The Morgan fingerprint density at radius 2 is 2.24 bits per heavy atom. The molecule has 2 N–H and O–H groups in total. The average molecular weight is 231 g/mol. The van der Waals surface area contributed by atoms with Crippen molar-refractivity contribution in [1.29, 1.82) is 0 Å². The normalized spacial score (nSPS) is 11.1. The van der Waals surface area contributed by atoms with Gasteiger partial charge in [-0.2, -0.15) is 0 Å². The van der Waals surface area contributed by atoms with Gasteiger partial charge in [0.1, 0.15) is 11.6 Å². The van der Waals surface area contributed by atoms with E-state index in [0.717, 1.165) is 5.76 Å². The third-order valence-corrected chi connectivity index (χ3v) is 2.63. The first-order valence-electron chi connectivity index (χ1n) is 5.18. The average Bonchev–Trinajstić information content (AvgIpc) is 2.90. The third-order valence-electron chi connectivity index (χ3n) is 2.63. The predicted molar refractivity (Wildman–Crippen MR) is 61.9 cm³/mol. The Balaban J connectivity index is 2.14. The number of fused-ring (bicyclic) bond motifs is 1. The molecule has 0 spiro atoms. The van der Waals surface area contributed by atoms with E-state index in [1.165, 1.54) is 12.1 Å². The number of hydrogen-bond donors (Lipinski definition) is 1. The highest BCUT2D eigenvalue weighted by atomic mass is 19.1. The number of nitrogen functional groups attached to an aromatic ring is 1. The van der Waals surface area contributed by atoms with Crippen molar-refractivity contribution in [3.63, 3.8) is 0 Å². The van der Waals surface area contributed by atoms with Gasteiger partial charge in [-0.05, 0) is 30.3 Å². The molecule has 0 bridgehead atoms. The van der Waals surface area contributed by atoms with Gasteiger partial charge in [0, 0.05) is 0 Å². The summed E-state index contributed by atoms with van der Waals surface area (Å²) in [6.45, 7) is 0.443. The van der Waals surface area contributed by atoms with Crippen molar-refractivity contribution in [3.8, 4) is 0 Å². The summed E-state index contributed by atoms with van der Waals surface area (Å²) in [4.78, 5) is 4.17. The van der Waals surface area contributed by atoms with E-state index in [9.17, 15) is 4.39 Å².